The molecule has 0 aliphatic rings. The fraction of sp³-hybridized carbons (Fsp3) is 1.00. The SMILES string of the molecule is CC[N+](CC)(CC)CC.O=S(=O)([O-])C(F)C(F)(F)C(F)(F)C(F)C(F)F. The molecule has 0 radical (unpaired) electrons. The van der Waals surface area contributed by atoms with Crippen LogP contribution in [0.2, 0.25) is 0 Å². The van der Waals surface area contributed by atoms with Gasteiger partial charge in [-0.3, -0.25) is 0 Å². The average Bonchev–Trinajstić information content (AvgIpc) is 2.55. The van der Waals surface area contributed by atoms with Gasteiger partial charge in [0.1, 0.15) is 10.1 Å². The smallest absolute Gasteiger partial charge is 0.356 e. The van der Waals surface area contributed by atoms with Gasteiger partial charge < -0.3 is 9.04 Å². The fourth-order valence-electron chi connectivity index (χ4n) is 2.02. The zero-order valence-corrected chi connectivity index (χ0v) is 15.5. The summed E-state index contributed by atoms with van der Waals surface area (Å²) in [5.74, 6) is -12.8. The van der Waals surface area contributed by atoms with E-state index >= 15 is 0 Å². The van der Waals surface area contributed by atoms with Gasteiger partial charge in [0.25, 0.3) is 11.9 Å². The van der Waals surface area contributed by atoms with Gasteiger partial charge >= 0.3 is 11.8 Å². The van der Waals surface area contributed by atoms with Crippen molar-refractivity contribution >= 4 is 10.1 Å². The van der Waals surface area contributed by atoms with Crippen LogP contribution in [-0.2, 0) is 10.1 Å². The lowest BCUT2D eigenvalue weighted by molar-refractivity contribution is -0.921. The fourth-order valence-corrected chi connectivity index (χ4v) is 2.54. The highest BCUT2D eigenvalue weighted by atomic mass is 32.2. The van der Waals surface area contributed by atoms with Gasteiger partial charge in [0.2, 0.25) is 6.17 Å². The molecule has 0 saturated carbocycles. The van der Waals surface area contributed by atoms with E-state index in [1.54, 1.807) is 0 Å². The van der Waals surface area contributed by atoms with Crippen molar-refractivity contribution < 1.29 is 52.6 Å². The van der Waals surface area contributed by atoms with Gasteiger partial charge in [-0.1, -0.05) is 0 Å². The lowest BCUT2D eigenvalue weighted by Crippen LogP contribution is -2.57. The third-order valence-electron chi connectivity index (χ3n) is 4.23. The van der Waals surface area contributed by atoms with Gasteiger partial charge in [-0.25, -0.2) is 26.0 Å². The third-order valence-corrected chi connectivity index (χ3v) is 5.04. The number of hydrogen-bond donors (Lipinski definition) is 0. The molecular formula is C13H23F8NO3S. The summed E-state index contributed by atoms with van der Waals surface area (Å²) in [4.78, 5) is 0. The van der Waals surface area contributed by atoms with Crippen molar-refractivity contribution in [2.75, 3.05) is 26.2 Å². The van der Waals surface area contributed by atoms with Crippen LogP contribution in [0.25, 0.3) is 0 Å². The zero-order valence-electron chi connectivity index (χ0n) is 14.7. The van der Waals surface area contributed by atoms with Crippen LogP contribution < -0.4 is 0 Å². The first-order chi connectivity index (χ1) is 11.5. The Labute approximate surface area is 147 Å². The van der Waals surface area contributed by atoms with Gasteiger partial charge in [0.15, 0.2) is 0 Å². The summed E-state index contributed by atoms with van der Waals surface area (Å²) in [6.07, 6.45) is -9.44. The van der Waals surface area contributed by atoms with E-state index in [0.717, 1.165) is 0 Å². The molecule has 0 spiro atoms. The van der Waals surface area contributed by atoms with Gasteiger partial charge in [-0.2, -0.15) is 17.6 Å². The monoisotopic (exact) mass is 425 g/mol. The summed E-state index contributed by atoms with van der Waals surface area (Å²) in [7, 11) is -6.56. The van der Waals surface area contributed by atoms with E-state index < -0.39 is 40.1 Å². The highest BCUT2D eigenvalue weighted by Crippen LogP contribution is 2.44. The number of nitrogens with zero attached hydrogens (tertiary/aromatic N) is 1. The molecule has 0 aromatic heterocycles. The first-order valence-corrected chi connectivity index (χ1v) is 9.09. The molecule has 26 heavy (non-hydrogen) atoms. The molecule has 0 aliphatic heterocycles. The zero-order chi connectivity index (χ0) is 21.6. The first kappa shape index (κ1) is 27.5. The second-order valence-electron chi connectivity index (χ2n) is 5.40. The van der Waals surface area contributed by atoms with Crippen LogP contribution in [0.15, 0.2) is 0 Å². The third kappa shape index (κ3) is 6.48. The summed E-state index contributed by atoms with van der Waals surface area (Å²) in [5.41, 5.74) is -5.04. The molecule has 0 aliphatic carbocycles. The molecule has 160 valence electrons. The Morgan fingerprint density at radius 1 is 0.808 bits per heavy atom. The van der Waals surface area contributed by atoms with Crippen molar-refractivity contribution in [2.24, 2.45) is 0 Å². The summed E-state index contributed by atoms with van der Waals surface area (Å²) in [6.45, 7) is 14.2. The van der Waals surface area contributed by atoms with E-state index in [0.29, 0.717) is 0 Å². The minimum absolute atomic E-state index is 1.28. The molecule has 0 fully saturated rings. The lowest BCUT2D eigenvalue weighted by Gasteiger charge is -2.34. The second kappa shape index (κ2) is 10.0. The van der Waals surface area contributed by atoms with Crippen molar-refractivity contribution in [1.29, 1.82) is 0 Å². The Balaban J connectivity index is 0. The summed E-state index contributed by atoms with van der Waals surface area (Å²) >= 11 is 0. The molecule has 4 nitrogen and oxygen atoms in total. The van der Waals surface area contributed by atoms with E-state index in [2.05, 4.69) is 27.7 Å². The highest BCUT2D eigenvalue weighted by molar-refractivity contribution is 7.86. The van der Waals surface area contributed by atoms with Crippen molar-refractivity contribution in [3.8, 4) is 0 Å². The molecule has 0 bridgehead atoms. The topological polar surface area (TPSA) is 57.2 Å². The van der Waals surface area contributed by atoms with Crippen LogP contribution >= 0.6 is 0 Å². The van der Waals surface area contributed by atoms with Crippen LogP contribution in [0.4, 0.5) is 35.1 Å². The van der Waals surface area contributed by atoms with Crippen molar-refractivity contribution in [3.63, 3.8) is 0 Å². The summed E-state index contributed by atoms with van der Waals surface area (Å²) in [5, 5.41) is 0. The van der Waals surface area contributed by atoms with E-state index in [-0.39, 0.29) is 0 Å². The molecule has 13 heteroatoms. The Morgan fingerprint density at radius 2 is 1.12 bits per heavy atom. The Hall–Kier alpha value is -0.690. The number of alkyl halides is 8. The second-order valence-corrected chi connectivity index (χ2v) is 6.80. The molecule has 2 unspecified atom stereocenters. The molecular weight excluding hydrogens is 402 g/mol. The maximum atomic E-state index is 12.4. The lowest BCUT2D eigenvalue weighted by atomic mass is 10.1. The van der Waals surface area contributed by atoms with Crippen LogP contribution in [0.5, 0.6) is 0 Å². The van der Waals surface area contributed by atoms with Gasteiger partial charge in [-0.05, 0) is 27.7 Å². The van der Waals surface area contributed by atoms with E-state index in [4.69, 9.17) is 0 Å². The van der Waals surface area contributed by atoms with Gasteiger partial charge in [-0.15, -0.1) is 0 Å². The normalized spacial score (nSPS) is 16.1. The Kier molecular flexibility index (Phi) is 10.6. The Morgan fingerprint density at radius 3 is 1.27 bits per heavy atom. The molecule has 0 aromatic rings. The highest BCUT2D eigenvalue weighted by Gasteiger charge is 2.70. The van der Waals surface area contributed by atoms with Crippen molar-refractivity contribution in [3.05, 3.63) is 0 Å². The maximum absolute atomic E-state index is 12.4. The average molecular weight is 425 g/mol. The number of rotatable bonds is 9. The Bertz CT molecular complexity index is 494. The molecule has 0 aromatic carbocycles. The largest absolute Gasteiger partial charge is 0.746 e. The van der Waals surface area contributed by atoms with Crippen LogP contribution in [-0.4, -0.2) is 73.6 Å². The summed E-state index contributed by atoms with van der Waals surface area (Å²) in [6, 6.07) is 0. The quantitative estimate of drug-likeness (QED) is 0.322. The van der Waals surface area contributed by atoms with E-state index in [9.17, 15) is 48.1 Å². The van der Waals surface area contributed by atoms with Crippen molar-refractivity contribution in [1.82, 2.24) is 0 Å². The number of hydrogen-bond acceptors (Lipinski definition) is 3. The molecule has 0 saturated heterocycles. The minimum Gasteiger partial charge on any atom is -0.746 e. The molecule has 0 N–H and O–H groups in total. The van der Waals surface area contributed by atoms with Gasteiger partial charge in [0, 0.05) is 0 Å². The van der Waals surface area contributed by atoms with Crippen LogP contribution in [0.1, 0.15) is 27.7 Å². The molecule has 0 heterocycles. The van der Waals surface area contributed by atoms with E-state index in [1.165, 1.54) is 30.7 Å². The van der Waals surface area contributed by atoms with E-state index in [1.807, 2.05) is 0 Å². The van der Waals surface area contributed by atoms with Gasteiger partial charge in [0.05, 0.1) is 26.2 Å². The number of halogens is 8. The molecule has 2 atom stereocenters. The maximum Gasteiger partial charge on any atom is 0.356 e. The molecule has 0 rings (SSSR count). The van der Waals surface area contributed by atoms with Crippen LogP contribution in [0.3, 0.4) is 0 Å². The summed E-state index contributed by atoms with van der Waals surface area (Å²) < 4.78 is 127. The van der Waals surface area contributed by atoms with Crippen LogP contribution in [0, 0.1) is 0 Å². The van der Waals surface area contributed by atoms with Crippen molar-refractivity contribution in [2.45, 2.75) is 57.6 Å². The standard InChI is InChI=1S/C8H20N.C5H4F8O3S/c1-5-9(6-2,7-3)8-4;6-1(2(7)8)4(10,11)5(12,13)3(9)17(14,15)16/h5-8H2,1-4H3;1-3H,(H,14,15,16)/q+1;/p-1. The first-order valence-electron chi connectivity index (χ1n) is 7.62. The minimum atomic E-state index is -6.56. The number of quaternary nitrogens is 1. The molecule has 0 amide bonds. The predicted molar refractivity (Wildman–Crippen MR) is 77.8 cm³/mol. The predicted octanol–water partition coefficient (Wildman–Crippen LogP) is 3.58.